The van der Waals surface area contributed by atoms with Gasteiger partial charge in [0.25, 0.3) is 5.56 Å². The summed E-state index contributed by atoms with van der Waals surface area (Å²) in [5.41, 5.74) is 5.78. The molecule has 2 rings (SSSR count). The molecule has 0 saturated carbocycles. The van der Waals surface area contributed by atoms with Crippen molar-refractivity contribution in [2.75, 3.05) is 20.0 Å². The Hall–Kier alpha value is -2.21. The number of ether oxygens (including phenoxy) is 2. The second-order valence-electron chi connectivity index (χ2n) is 3.71. The third-order valence-electron chi connectivity index (χ3n) is 2.47. The summed E-state index contributed by atoms with van der Waals surface area (Å²) in [4.78, 5) is 18.0. The van der Waals surface area contributed by atoms with Crippen molar-refractivity contribution in [3.05, 3.63) is 33.6 Å². The fourth-order valence-corrected chi connectivity index (χ4v) is 1.96. The van der Waals surface area contributed by atoms with Crippen LogP contribution in [0.5, 0.6) is 11.5 Å². The number of aromatic amines is 1. The number of hydrogen-bond donors (Lipinski definition) is 2. The highest BCUT2D eigenvalue weighted by atomic mass is 35.5. The van der Waals surface area contributed by atoms with Gasteiger partial charge in [0.1, 0.15) is 11.6 Å². The van der Waals surface area contributed by atoms with E-state index in [1.807, 2.05) is 0 Å². The van der Waals surface area contributed by atoms with Crippen molar-refractivity contribution in [2.45, 2.75) is 0 Å². The fraction of sp³-hybridized carbons (Fsp3) is 0.167. The molecule has 1 aromatic heterocycles. The van der Waals surface area contributed by atoms with E-state index >= 15 is 0 Å². The summed E-state index contributed by atoms with van der Waals surface area (Å²) in [6.07, 6.45) is 0. The maximum Gasteiger partial charge on any atom is 0.253 e. The molecule has 0 atom stereocenters. The van der Waals surface area contributed by atoms with Crippen LogP contribution in [0, 0.1) is 0 Å². The summed E-state index contributed by atoms with van der Waals surface area (Å²) in [7, 11) is 2.98. The second kappa shape index (κ2) is 5.19. The smallest absolute Gasteiger partial charge is 0.253 e. The molecule has 2 aromatic rings. The number of hydrogen-bond acceptors (Lipinski definition) is 5. The van der Waals surface area contributed by atoms with Gasteiger partial charge < -0.3 is 20.2 Å². The van der Waals surface area contributed by atoms with E-state index < -0.39 is 0 Å². The van der Waals surface area contributed by atoms with Gasteiger partial charge in [0.2, 0.25) is 0 Å². The van der Waals surface area contributed by atoms with Crippen LogP contribution in [0.15, 0.2) is 23.0 Å². The van der Waals surface area contributed by atoms with E-state index in [-0.39, 0.29) is 11.4 Å². The van der Waals surface area contributed by atoms with Gasteiger partial charge in [0.05, 0.1) is 19.2 Å². The lowest BCUT2D eigenvalue weighted by Gasteiger charge is -2.11. The van der Waals surface area contributed by atoms with Crippen LogP contribution >= 0.6 is 11.6 Å². The number of nitrogens with zero attached hydrogens (tertiary/aromatic N) is 1. The predicted octanol–water partition coefficient (Wildman–Crippen LogP) is 1.69. The Balaban J connectivity index is 2.63. The maximum absolute atomic E-state index is 11.4. The summed E-state index contributed by atoms with van der Waals surface area (Å²) in [5, 5.41) is 0.349. The van der Waals surface area contributed by atoms with Crippen molar-refractivity contribution in [1.82, 2.24) is 9.97 Å². The Kier molecular flexibility index (Phi) is 3.62. The summed E-state index contributed by atoms with van der Waals surface area (Å²) in [5.74, 6) is 1.30. The molecule has 100 valence electrons. The summed E-state index contributed by atoms with van der Waals surface area (Å²) in [6.45, 7) is 0. The van der Waals surface area contributed by atoms with Gasteiger partial charge in [-0.15, -0.1) is 0 Å². The van der Waals surface area contributed by atoms with Gasteiger partial charge in [0, 0.05) is 11.6 Å². The van der Waals surface area contributed by atoms with Gasteiger partial charge in [0.15, 0.2) is 11.5 Å². The fourth-order valence-electron chi connectivity index (χ4n) is 1.67. The highest BCUT2D eigenvalue weighted by molar-refractivity contribution is 6.32. The average molecular weight is 282 g/mol. The Labute approximate surface area is 114 Å². The number of H-pyrrole nitrogens is 1. The van der Waals surface area contributed by atoms with E-state index in [2.05, 4.69) is 9.97 Å². The first-order chi connectivity index (χ1) is 9.05. The normalized spacial score (nSPS) is 10.3. The summed E-state index contributed by atoms with van der Waals surface area (Å²) >= 11 is 6.09. The lowest BCUT2D eigenvalue weighted by Crippen LogP contribution is -2.10. The van der Waals surface area contributed by atoms with Crippen molar-refractivity contribution in [1.29, 1.82) is 0 Å². The van der Waals surface area contributed by atoms with Crippen molar-refractivity contribution in [2.24, 2.45) is 0 Å². The van der Waals surface area contributed by atoms with Crippen LogP contribution in [-0.2, 0) is 0 Å². The number of rotatable bonds is 3. The maximum atomic E-state index is 11.4. The van der Waals surface area contributed by atoms with Gasteiger partial charge in [-0.25, -0.2) is 4.98 Å². The van der Waals surface area contributed by atoms with Gasteiger partial charge in [-0.2, -0.15) is 0 Å². The minimum Gasteiger partial charge on any atom is -0.493 e. The van der Waals surface area contributed by atoms with Crippen molar-refractivity contribution >= 4 is 17.4 Å². The van der Waals surface area contributed by atoms with Crippen LogP contribution in [0.25, 0.3) is 11.4 Å². The molecule has 0 spiro atoms. The quantitative estimate of drug-likeness (QED) is 0.893. The number of aromatic nitrogens is 2. The molecule has 1 heterocycles. The molecule has 0 aliphatic carbocycles. The van der Waals surface area contributed by atoms with Crippen LogP contribution in [0.2, 0.25) is 5.02 Å². The molecule has 6 nitrogen and oxygen atoms in total. The largest absolute Gasteiger partial charge is 0.493 e. The van der Waals surface area contributed by atoms with E-state index in [1.54, 1.807) is 12.1 Å². The summed E-state index contributed by atoms with van der Waals surface area (Å²) in [6, 6.07) is 4.47. The van der Waals surface area contributed by atoms with Crippen molar-refractivity contribution in [3.63, 3.8) is 0 Å². The first-order valence-electron chi connectivity index (χ1n) is 5.34. The van der Waals surface area contributed by atoms with Crippen molar-refractivity contribution in [3.8, 4) is 22.9 Å². The highest BCUT2D eigenvalue weighted by Gasteiger charge is 2.13. The summed E-state index contributed by atoms with van der Waals surface area (Å²) < 4.78 is 10.3. The number of nitrogens with two attached hydrogens (primary N) is 1. The monoisotopic (exact) mass is 281 g/mol. The van der Waals surface area contributed by atoms with Gasteiger partial charge in [-0.05, 0) is 12.1 Å². The minimum absolute atomic E-state index is 0.129. The number of anilines is 1. The molecule has 19 heavy (non-hydrogen) atoms. The van der Waals surface area contributed by atoms with Crippen LogP contribution in [0.3, 0.4) is 0 Å². The zero-order chi connectivity index (χ0) is 14.0. The molecule has 0 radical (unpaired) electrons. The van der Waals surface area contributed by atoms with Crippen LogP contribution in [0.4, 0.5) is 5.82 Å². The minimum atomic E-state index is -0.339. The van der Waals surface area contributed by atoms with E-state index in [9.17, 15) is 4.79 Å². The van der Waals surface area contributed by atoms with Crippen LogP contribution in [0.1, 0.15) is 0 Å². The molecular formula is C12H12ClN3O3. The molecule has 3 N–H and O–H groups in total. The van der Waals surface area contributed by atoms with E-state index in [0.29, 0.717) is 27.9 Å². The number of halogens is 1. The first kappa shape index (κ1) is 13.2. The predicted molar refractivity (Wildman–Crippen MR) is 72.8 cm³/mol. The molecule has 0 aliphatic heterocycles. The molecule has 0 unspecified atom stereocenters. The molecule has 0 bridgehead atoms. The molecular weight excluding hydrogens is 270 g/mol. The zero-order valence-corrected chi connectivity index (χ0v) is 11.1. The van der Waals surface area contributed by atoms with Gasteiger partial charge >= 0.3 is 0 Å². The number of nitrogen functional groups attached to an aromatic ring is 1. The van der Waals surface area contributed by atoms with Crippen LogP contribution in [-0.4, -0.2) is 24.2 Å². The second-order valence-corrected chi connectivity index (χ2v) is 4.12. The van der Waals surface area contributed by atoms with Gasteiger partial charge in [-0.3, -0.25) is 4.79 Å². The first-order valence-corrected chi connectivity index (χ1v) is 5.71. The molecule has 0 amide bonds. The zero-order valence-electron chi connectivity index (χ0n) is 10.4. The Morgan fingerprint density at radius 1 is 1.26 bits per heavy atom. The number of nitrogens with one attached hydrogen (secondary N) is 1. The molecule has 0 aliphatic rings. The number of methoxy groups -OCH3 is 2. The Morgan fingerprint density at radius 2 is 2.00 bits per heavy atom. The molecule has 1 aromatic carbocycles. The lowest BCUT2D eigenvalue weighted by molar-refractivity contribution is 0.355. The third kappa shape index (κ3) is 2.63. The van der Waals surface area contributed by atoms with E-state index in [0.717, 1.165) is 0 Å². The van der Waals surface area contributed by atoms with Gasteiger partial charge in [-0.1, -0.05) is 11.6 Å². The average Bonchev–Trinajstić information content (AvgIpc) is 2.36. The number of benzene rings is 1. The van der Waals surface area contributed by atoms with Crippen LogP contribution < -0.4 is 20.8 Å². The topological polar surface area (TPSA) is 90.2 Å². The van der Waals surface area contributed by atoms with E-state index in [4.69, 9.17) is 26.8 Å². The Bertz CT molecular complexity index is 670. The van der Waals surface area contributed by atoms with E-state index in [1.165, 1.54) is 20.3 Å². The van der Waals surface area contributed by atoms with Crippen molar-refractivity contribution < 1.29 is 9.47 Å². The standard InChI is InChI=1S/C12H12ClN3O3/c1-18-8-4-6(3-7(13)11(8)19-2)12-15-9(14)5-10(17)16-12/h3-5H,1-2H3,(H3,14,15,16,17). The Morgan fingerprint density at radius 3 is 2.58 bits per heavy atom. The lowest BCUT2D eigenvalue weighted by atomic mass is 10.2. The molecule has 0 saturated heterocycles. The molecule has 7 heteroatoms. The SMILES string of the molecule is COc1cc(-c2nc(N)cc(=O)[nH]2)cc(Cl)c1OC. The highest BCUT2D eigenvalue weighted by Crippen LogP contribution is 2.38. The molecule has 0 fully saturated rings. The third-order valence-corrected chi connectivity index (χ3v) is 2.75.